The van der Waals surface area contributed by atoms with Gasteiger partial charge in [0.15, 0.2) is 0 Å². The number of aromatic hydroxyl groups is 2. The third kappa shape index (κ3) is 1.51. The van der Waals surface area contributed by atoms with Crippen LogP contribution in [0.4, 0.5) is 0 Å². The monoisotopic (exact) mass is 166 g/mol. The van der Waals surface area contributed by atoms with Crippen molar-refractivity contribution in [2.75, 3.05) is 6.61 Å². The van der Waals surface area contributed by atoms with E-state index in [-0.39, 0.29) is 17.6 Å². The number of epoxide rings is 1. The van der Waals surface area contributed by atoms with Gasteiger partial charge in [0.05, 0.1) is 12.7 Å². The molecule has 0 aliphatic carbocycles. The molecule has 0 amide bonds. The molecule has 1 aromatic carbocycles. The van der Waals surface area contributed by atoms with Crippen molar-refractivity contribution in [1.82, 2.24) is 0 Å². The number of hydrogen-bond acceptors (Lipinski definition) is 3. The second-order valence-corrected chi connectivity index (χ2v) is 2.97. The summed E-state index contributed by atoms with van der Waals surface area (Å²) in [6.45, 7) is 0.759. The van der Waals surface area contributed by atoms with Crippen molar-refractivity contribution in [1.29, 1.82) is 0 Å². The molecule has 64 valence electrons. The Morgan fingerprint density at radius 3 is 2.83 bits per heavy atom. The maximum Gasteiger partial charge on any atom is 0.119 e. The summed E-state index contributed by atoms with van der Waals surface area (Å²) in [7, 11) is 0. The molecule has 1 unspecified atom stereocenters. The Kier molecular flexibility index (Phi) is 1.66. The minimum atomic E-state index is 0.184. The highest BCUT2D eigenvalue weighted by molar-refractivity contribution is 5.39. The molecule has 0 bridgehead atoms. The highest BCUT2D eigenvalue weighted by Crippen LogP contribution is 2.26. The van der Waals surface area contributed by atoms with Crippen molar-refractivity contribution in [2.45, 2.75) is 12.5 Å². The SMILES string of the molecule is Oc1ccc(O)c(CC2CO2)c1. The molecule has 2 N–H and O–H groups in total. The fourth-order valence-corrected chi connectivity index (χ4v) is 1.17. The second-order valence-electron chi connectivity index (χ2n) is 2.97. The number of rotatable bonds is 2. The number of benzene rings is 1. The van der Waals surface area contributed by atoms with E-state index < -0.39 is 0 Å². The molecule has 2 rings (SSSR count). The van der Waals surface area contributed by atoms with Crippen LogP contribution in [0.3, 0.4) is 0 Å². The van der Waals surface area contributed by atoms with Gasteiger partial charge in [-0.15, -0.1) is 0 Å². The average Bonchev–Trinajstić information content (AvgIpc) is 2.81. The lowest BCUT2D eigenvalue weighted by Crippen LogP contribution is -1.92. The summed E-state index contributed by atoms with van der Waals surface area (Å²) in [4.78, 5) is 0. The predicted molar refractivity (Wildman–Crippen MR) is 43.2 cm³/mol. The van der Waals surface area contributed by atoms with Crippen molar-refractivity contribution in [3.63, 3.8) is 0 Å². The van der Waals surface area contributed by atoms with E-state index in [2.05, 4.69) is 0 Å². The van der Waals surface area contributed by atoms with Gasteiger partial charge in [-0.2, -0.15) is 0 Å². The van der Waals surface area contributed by atoms with Crippen LogP contribution in [0.1, 0.15) is 5.56 Å². The van der Waals surface area contributed by atoms with Gasteiger partial charge in [-0.1, -0.05) is 0 Å². The van der Waals surface area contributed by atoms with E-state index in [1.807, 2.05) is 0 Å². The van der Waals surface area contributed by atoms with E-state index in [4.69, 9.17) is 9.84 Å². The number of phenols is 2. The first-order chi connectivity index (χ1) is 5.75. The van der Waals surface area contributed by atoms with E-state index in [9.17, 15) is 5.11 Å². The normalized spacial score (nSPS) is 20.8. The largest absolute Gasteiger partial charge is 0.508 e. The molecule has 0 aromatic heterocycles. The standard InChI is InChI=1S/C9H10O3/c10-7-1-2-9(11)6(3-7)4-8-5-12-8/h1-3,8,10-11H,4-5H2. The van der Waals surface area contributed by atoms with Crippen LogP contribution in [0.2, 0.25) is 0 Å². The first-order valence-electron chi connectivity index (χ1n) is 3.88. The van der Waals surface area contributed by atoms with E-state index >= 15 is 0 Å². The van der Waals surface area contributed by atoms with Gasteiger partial charge in [-0.3, -0.25) is 0 Å². The summed E-state index contributed by atoms with van der Waals surface area (Å²) in [5.74, 6) is 0.409. The Morgan fingerprint density at radius 2 is 2.17 bits per heavy atom. The minimum absolute atomic E-state index is 0.184. The molecule has 3 nitrogen and oxygen atoms in total. The third-order valence-electron chi connectivity index (χ3n) is 1.91. The van der Waals surface area contributed by atoms with Crippen molar-refractivity contribution in [3.05, 3.63) is 23.8 Å². The Hall–Kier alpha value is -1.22. The van der Waals surface area contributed by atoms with Crippen LogP contribution in [0, 0.1) is 0 Å². The Balaban J connectivity index is 2.21. The van der Waals surface area contributed by atoms with E-state index in [1.165, 1.54) is 12.1 Å². The van der Waals surface area contributed by atoms with Crippen molar-refractivity contribution < 1.29 is 14.9 Å². The summed E-state index contributed by atoms with van der Waals surface area (Å²) in [6, 6.07) is 4.52. The number of hydrogen-bond donors (Lipinski definition) is 2. The average molecular weight is 166 g/mol. The topological polar surface area (TPSA) is 53.0 Å². The molecular formula is C9H10O3. The minimum Gasteiger partial charge on any atom is -0.508 e. The molecule has 1 aliphatic heterocycles. The van der Waals surface area contributed by atoms with Crippen LogP contribution >= 0.6 is 0 Å². The molecule has 0 saturated carbocycles. The zero-order valence-corrected chi connectivity index (χ0v) is 6.53. The maximum absolute atomic E-state index is 9.34. The highest BCUT2D eigenvalue weighted by Gasteiger charge is 2.23. The molecule has 1 heterocycles. The van der Waals surface area contributed by atoms with Crippen LogP contribution < -0.4 is 0 Å². The molecule has 12 heavy (non-hydrogen) atoms. The second kappa shape index (κ2) is 2.68. The van der Waals surface area contributed by atoms with Gasteiger partial charge in [-0.25, -0.2) is 0 Å². The van der Waals surface area contributed by atoms with Crippen LogP contribution in [0.15, 0.2) is 18.2 Å². The molecule has 0 spiro atoms. The zero-order chi connectivity index (χ0) is 8.55. The van der Waals surface area contributed by atoms with Crippen molar-refractivity contribution in [3.8, 4) is 11.5 Å². The van der Waals surface area contributed by atoms with E-state index in [0.717, 1.165) is 12.2 Å². The molecule has 1 fully saturated rings. The van der Waals surface area contributed by atoms with Gasteiger partial charge in [0.2, 0.25) is 0 Å². The van der Waals surface area contributed by atoms with Gasteiger partial charge in [0.25, 0.3) is 0 Å². The molecule has 3 heteroatoms. The molecule has 0 radical (unpaired) electrons. The summed E-state index contributed by atoms with van der Waals surface area (Å²) in [5, 5.41) is 18.5. The third-order valence-corrected chi connectivity index (χ3v) is 1.91. The summed E-state index contributed by atoms with van der Waals surface area (Å²) in [6.07, 6.45) is 0.915. The van der Waals surface area contributed by atoms with Crippen LogP contribution in [-0.4, -0.2) is 22.9 Å². The van der Waals surface area contributed by atoms with E-state index in [1.54, 1.807) is 6.07 Å². The van der Waals surface area contributed by atoms with Crippen LogP contribution in [0.25, 0.3) is 0 Å². The Morgan fingerprint density at radius 1 is 1.42 bits per heavy atom. The van der Waals surface area contributed by atoms with Gasteiger partial charge in [0, 0.05) is 12.0 Å². The lowest BCUT2D eigenvalue weighted by atomic mass is 10.1. The van der Waals surface area contributed by atoms with Gasteiger partial charge >= 0.3 is 0 Å². The number of ether oxygens (including phenoxy) is 1. The summed E-state index contributed by atoms with van der Waals surface area (Å²) < 4.78 is 5.01. The first kappa shape index (κ1) is 7.43. The fraction of sp³-hybridized carbons (Fsp3) is 0.333. The van der Waals surface area contributed by atoms with Crippen LogP contribution in [0.5, 0.6) is 11.5 Å². The molecular weight excluding hydrogens is 156 g/mol. The molecule has 1 atom stereocenters. The lowest BCUT2D eigenvalue weighted by molar-refractivity contribution is 0.400. The molecule has 1 aromatic rings. The van der Waals surface area contributed by atoms with Gasteiger partial charge < -0.3 is 14.9 Å². The summed E-state index contributed by atoms with van der Waals surface area (Å²) >= 11 is 0. The quantitative estimate of drug-likeness (QED) is 0.509. The smallest absolute Gasteiger partial charge is 0.119 e. The Labute approximate surface area is 70.2 Å². The Bertz CT molecular complexity index is 292. The van der Waals surface area contributed by atoms with Crippen molar-refractivity contribution >= 4 is 0 Å². The van der Waals surface area contributed by atoms with Crippen molar-refractivity contribution in [2.24, 2.45) is 0 Å². The lowest BCUT2D eigenvalue weighted by Gasteiger charge is -2.02. The van der Waals surface area contributed by atoms with Gasteiger partial charge in [-0.05, 0) is 18.2 Å². The predicted octanol–water partition coefficient (Wildman–Crippen LogP) is 1.04. The first-order valence-corrected chi connectivity index (χ1v) is 3.88. The van der Waals surface area contributed by atoms with Crippen LogP contribution in [-0.2, 0) is 11.2 Å². The molecule has 1 saturated heterocycles. The fourth-order valence-electron chi connectivity index (χ4n) is 1.17. The molecule has 1 aliphatic rings. The van der Waals surface area contributed by atoms with Gasteiger partial charge in [0.1, 0.15) is 11.5 Å². The maximum atomic E-state index is 9.34. The van der Waals surface area contributed by atoms with E-state index in [0.29, 0.717) is 6.42 Å². The zero-order valence-electron chi connectivity index (χ0n) is 6.53. The number of phenolic OH excluding ortho intramolecular Hbond substituents is 2. The highest BCUT2D eigenvalue weighted by atomic mass is 16.6. The summed E-state index contributed by atoms with van der Waals surface area (Å²) in [5.41, 5.74) is 0.748.